The lowest BCUT2D eigenvalue weighted by Gasteiger charge is -2.26. The first kappa shape index (κ1) is 23.8. The summed E-state index contributed by atoms with van der Waals surface area (Å²) in [4.78, 5) is 6.89. The van der Waals surface area contributed by atoms with E-state index in [1.807, 2.05) is 36.5 Å². The number of benzene rings is 6. The van der Waals surface area contributed by atoms with Gasteiger partial charge in [0.05, 0.1) is 5.69 Å². The molecule has 3 heterocycles. The van der Waals surface area contributed by atoms with Crippen molar-refractivity contribution in [3.8, 4) is 11.1 Å². The van der Waals surface area contributed by atoms with Crippen LogP contribution < -0.4 is 4.90 Å². The summed E-state index contributed by atoms with van der Waals surface area (Å²) in [5, 5.41) is 5.35. The van der Waals surface area contributed by atoms with Gasteiger partial charge in [-0.2, -0.15) is 0 Å². The number of hydrogen-bond acceptors (Lipinski definition) is 4. The Balaban J connectivity index is 1.33. The van der Waals surface area contributed by atoms with Gasteiger partial charge in [0.1, 0.15) is 16.7 Å². The molecule has 0 bridgehead atoms. The van der Waals surface area contributed by atoms with Crippen LogP contribution in [0.3, 0.4) is 0 Å². The molecule has 0 aliphatic heterocycles. The Morgan fingerprint density at radius 3 is 2.16 bits per heavy atom. The lowest BCUT2D eigenvalue weighted by atomic mass is 10.0. The number of aromatic nitrogens is 1. The summed E-state index contributed by atoms with van der Waals surface area (Å²) in [6.07, 6.45) is 1.81. The van der Waals surface area contributed by atoms with Gasteiger partial charge in [0.25, 0.3) is 0 Å². The molecule has 0 saturated carbocycles. The topological polar surface area (TPSA) is 42.4 Å². The van der Waals surface area contributed by atoms with Crippen LogP contribution in [0.15, 0.2) is 155 Å². The number of anilines is 3. The van der Waals surface area contributed by atoms with Crippen molar-refractivity contribution in [2.75, 3.05) is 4.90 Å². The zero-order valence-electron chi connectivity index (χ0n) is 23.1. The molecule has 43 heavy (non-hydrogen) atoms. The molecule has 0 aliphatic carbocycles. The van der Waals surface area contributed by atoms with E-state index in [1.165, 1.54) is 5.56 Å². The van der Waals surface area contributed by atoms with Crippen molar-refractivity contribution in [1.29, 1.82) is 0 Å². The number of para-hydroxylation sites is 2. The zero-order valence-corrected chi connectivity index (χ0v) is 23.1. The van der Waals surface area contributed by atoms with Gasteiger partial charge in [-0.1, -0.05) is 84.9 Å². The zero-order chi connectivity index (χ0) is 28.3. The van der Waals surface area contributed by atoms with E-state index < -0.39 is 0 Å². The van der Waals surface area contributed by atoms with E-state index in [2.05, 4.69) is 119 Å². The van der Waals surface area contributed by atoms with Crippen LogP contribution in [-0.4, -0.2) is 4.98 Å². The number of pyridine rings is 1. The second-order valence-electron chi connectivity index (χ2n) is 10.8. The highest BCUT2D eigenvalue weighted by Crippen LogP contribution is 2.44. The highest BCUT2D eigenvalue weighted by atomic mass is 16.3. The van der Waals surface area contributed by atoms with Gasteiger partial charge in [-0.05, 0) is 71.1 Å². The molecule has 202 valence electrons. The summed E-state index contributed by atoms with van der Waals surface area (Å²) < 4.78 is 13.0. The molecule has 4 nitrogen and oxygen atoms in total. The van der Waals surface area contributed by atoms with Crippen LogP contribution >= 0.6 is 0 Å². The number of hydrogen-bond donors (Lipinski definition) is 0. The third kappa shape index (κ3) is 3.74. The van der Waals surface area contributed by atoms with Gasteiger partial charge >= 0.3 is 0 Å². The van der Waals surface area contributed by atoms with Gasteiger partial charge in [0, 0.05) is 39.1 Å². The lowest BCUT2D eigenvalue weighted by Crippen LogP contribution is -2.10. The standard InChI is InChI=1S/C39H24N2O2/c1-2-9-25(10-3-1)27-11-6-12-28(23-27)41(34-15-7-14-31-30-13-4-5-16-35(30)42-39(31)34)29-20-18-26-19-21-32-37-36(17-8-22-40-37)43-38(32)33(26)24-29/h1-24H. The summed E-state index contributed by atoms with van der Waals surface area (Å²) in [6, 6.07) is 48.4. The van der Waals surface area contributed by atoms with Gasteiger partial charge in [-0.3, -0.25) is 4.98 Å². The summed E-state index contributed by atoms with van der Waals surface area (Å²) in [5.74, 6) is 0. The van der Waals surface area contributed by atoms with Crippen LogP contribution in [0.1, 0.15) is 0 Å². The van der Waals surface area contributed by atoms with Gasteiger partial charge in [0.2, 0.25) is 0 Å². The van der Waals surface area contributed by atoms with Crippen LogP contribution in [-0.2, 0) is 0 Å². The Labute approximate surface area is 247 Å². The fraction of sp³-hybridized carbons (Fsp3) is 0. The van der Waals surface area contributed by atoms with Crippen LogP contribution in [0, 0.1) is 0 Å². The van der Waals surface area contributed by atoms with Gasteiger partial charge in [-0.15, -0.1) is 0 Å². The SMILES string of the molecule is c1ccc(-c2cccc(N(c3ccc4ccc5c6ncccc6oc5c4c3)c3cccc4c3oc3ccccc34)c2)cc1. The minimum Gasteiger partial charge on any atom is -0.454 e. The molecule has 4 heteroatoms. The molecule has 6 aromatic carbocycles. The largest absolute Gasteiger partial charge is 0.454 e. The highest BCUT2D eigenvalue weighted by molar-refractivity contribution is 6.15. The predicted octanol–water partition coefficient (Wildman–Crippen LogP) is 11.2. The molecule has 0 atom stereocenters. The number of fused-ring (bicyclic) bond motifs is 8. The normalized spacial score (nSPS) is 11.7. The molecule has 0 fully saturated rings. The number of nitrogens with zero attached hydrogens (tertiary/aromatic N) is 2. The predicted molar refractivity (Wildman–Crippen MR) is 176 cm³/mol. The van der Waals surface area contributed by atoms with E-state index in [9.17, 15) is 0 Å². The van der Waals surface area contributed by atoms with Crippen LogP contribution in [0.2, 0.25) is 0 Å². The molecule has 9 aromatic rings. The van der Waals surface area contributed by atoms with Crippen molar-refractivity contribution in [2.24, 2.45) is 0 Å². The maximum atomic E-state index is 6.55. The number of rotatable bonds is 4. The van der Waals surface area contributed by atoms with Crippen molar-refractivity contribution in [1.82, 2.24) is 4.98 Å². The second-order valence-corrected chi connectivity index (χ2v) is 10.8. The highest BCUT2D eigenvalue weighted by Gasteiger charge is 2.21. The van der Waals surface area contributed by atoms with Crippen LogP contribution in [0.4, 0.5) is 17.1 Å². The minimum atomic E-state index is 0.787. The summed E-state index contributed by atoms with van der Waals surface area (Å²) in [7, 11) is 0. The summed E-state index contributed by atoms with van der Waals surface area (Å²) >= 11 is 0. The van der Waals surface area contributed by atoms with Crippen molar-refractivity contribution in [3.05, 3.63) is 146 Å². The molecule has 0 N–H and O–H groups in total. The van der Waals surface area contributed by atoms with E-state index in [1.54, 1.807) is 0 Å². The van der Waals surface area contributed by atoms with Gasteiger partial charge in [0.15, 0.2) is 11.2 Å². The summed E-state index contributed by atoms with van der Waals surface area (Å²) in [5.41, 5.74) is 9.55. The first-order valence-corrected chi connectivity index (χ1v) is 14.4. The molecule has 3 aromatic heterocycles. The minimum absolute atomic E-state index is 0.787. The van der Waals surface area contributed by atoms with E-state index >= 15 is 0 Å². The monoisotopic (exact) mass is 552 g/mol. The molecule has 9 rings (SSSR count). The van der Waals surface area contributed by atoms with Crippen LogP contribution in [0.25, 0.3) is 65.9 Å². The average Bonchev–Trinajstić information content (AvgIpc) is 3.65. The molecular weight excluding hydrogens is 528 g/mol. The van der Waals surface area contributed by atoms with Crippen molar-refractivity contribution in [3.63, 3.8) is 0 Å². The van der Waals surface area contributed by atoms with E-state index in [0.717, 1.165) is 77.4 Å². The smallest absolute Gasteiger partial charge is 0.159 e. The fourth-order valence-corrected chi connectivity index (χ4v) is 6.29. The molecular formula is C39H24N2O2. The van der Waals surface area contributed by atoms with E-state index in [0.29, 0.717) is 0 Å². The van der Waals surface area contributed by atoms with E-state index in [-0.39, 0.29) is 0 Å². The third-order valence-corrected chi connectivity index (χ3v) is 8.29. The third-order valence-electron chi connectivity index (χ3n) is 8.29. The van der Waals surface area contributed by atoms with Crippen molar-refractivity contribution >= 4 is 71.8 Å². The first-order chi connectivity index (χ1) is 21.3. The summed E-state index contributed by atoms with van der Waals surface area (Å²) in [6.45, 7) is 0. The maximum absolute atomic E-state index is 6.55. The van der Waals surface area contributed by atoms with Gasteiger partial charge in [-0.25, -0.2) is 0 Å². The van der Waals surface area contributed by atoms with Gasteiger partial charge < -0.3 is 13.7 Å². The average molecular weight is 553 g/mol. The lowest BCUT2D eigenvalue weighted by molar-refractivity contribution is 0.669. The Kier molecular flexibility index (Phi) is 5.16. The molecule has 0 saturated heterocycles. The molecule has 0 amide bonds. The quantitative estimate of drug-likeness (QED) is 0.218. The molecule has 0 unspecified atom stereocenters. The molecule has 0 spiro atoms. The van der Waals surface area contributed by atoms with E-state index in [4.69, 9.17) is 8.83 Å². The Hall–Kier alpha value is -5.87. The maximum Gasteiger partial charge on any atom is 0.159 e. The molecule has 0 aliphatic rings. The fourth-order valence-electron chi connectivity index (χ4n) is 6.29. The number of furan rings is 2. The van der Waals surface area contributed by atoms with Crippen molar-refractivity contribution < 1.29 is 8.83 Å². The Morgan fingerprint density at radius 1 is 0.465 bits per heavy atom. The first-order valence-electron chi connectivity index (χ1n) is 14.4. The molecule has 0 radical (unpaired) electrons. The second kappa shape index (κ2) is 9.33. The Morgan fingerprint density at radius 2 is 1.21 bits per heavy atom. The van der Waals surface area contributed by atoms with Crippen molar-refractivity contribution in [2.45, 2.75) is 0 Å². The Bertz CT molecular complexity index is 2470. The van der Waals surface area contributed by atoms with Crippen LogP contribution in [0.5, 0.6) is 0 Å².